The predicted octanol–water partition coefficient (Wildman–Crippen LogP) is 2.77. The summed E-state index contributed by atoms with van der Waals surface area (Å²) in [5, 5.41) is 0. The van der Waals surface area contributed by atoms with Gasteiger partial charge in [-0.05, 0) is 6.42 Å². The van der Waals surface area contributed by atoms with Crippen LogP contribution in [0.4, 0.5) is 36.4 Å². The van der Waals surface area contributed by atoms with Crippen molar-refractivity contribution in [1.29, 1.82) is 0 Å². The van der Waals surface area contributed by atoms with Gasteiger partial charge in [-0.1, -0.05) is 0 Å². The zero-order valence-electron chi connectivity index (χ0n) is 10.3. The molecule has 1 aliphatic heterocycles. The lowest BCUT2D eigenvalue weighted by Gasteiger charge is -2.20. The highest BCUT2D eigenvalue weighted by atomic mass is 19.4. The van der Waals surface area contributed by atoms with E-state index >= 15 is 0 Å². The molecular weight excluding hydrogens is 323 g/mol. The number of rotatable bonds is 1. The molecule has 1 aromatic rings. The van der Waals surface area contributed by atoms with E-state index in [-0.39, 0.29) is 11.3 Å². The smallest absolute Gasteiger partial charge is 0.274 e. The summed E-state index contributed by atoms with van der Waals surface area (Å²) in [7, 11) is 0. The largest absolute Gasteiger partial charge is 0.422 e. The number of anilines is 1. The molecule has 1 saturated heterocycles. The Bertz CT molecular complexity index is 678. The molecule has 2 unspecified atom stereocenters. The summed E-state index contributed by atoms with van der Waals surface area (Å²) < 4.78 is 91.7. The van der Waals surface area contributed by atoms with Crippen LogP contribution in [-0.4, -0.2) is 11.8 Å². The molecule has 1 heterocycles. The van der Waals surface area contributed by atoms with Gasteiger partial charge in [0.2, 0.25) is 11.8 Å². The molecule has 0 aromatic heterocycles. The molecule has 1 aromatic carbocycles. The number of carbonyl (C=O) groups is 2. The number of alkyl halides is 3. The molecule has 0 N–H and O–H groups in total. The van der Waals surface area contributed by atoms with Crippen LogP contribution in [-0.2, 0) is 15.8 Å². The Balaban J connectivity index is 2.23. The van der Waals surface area contributed by atoms with Crippen LogP contribution in [0.25, 0.3) is 0 Å². The fourth-order valence-corrected chi connectivity index (χ4v) is 2.47. The molecule has 2 fully saturated rings. The molecule has 22 heavy (non-hydrogen) atoms. The number of imide groups is 1. The molecule has 0 spiro atoms. The second kappa shape index (κ2) is 4.20. The standard InChI is InChI=1S/C12H4F7NO2/c13-5-4(12(17,18)19)6(14)8(16)9(7(5)15)20-10(21)2-1-3(2)11(20)22/h2-3H,1H2. The Morgan fingerprint density at radius 2 is 1.23 bits per heavy atom. The van der Waals surface area contributed by atoms with Crippen LogP contribution in [0.1, 0.15) is 12.0 Å². The van der Waals surface area contributed by atoms with Gasteiger partial charge in [-0.15, -0.1) is 0 Å². The zero-order valence-corrected chi connectivity index (χ0v) is 10.3. The minimum Gasteiger partial charge on any atom is -0.274 e. The lowest BCUT2D eigenvalue weighted by molar-refractivity contribution is -0.143. The van der Waals surface area contributed by atoms with Crippen LogP contribution in [0, 0.1) is 35.1 Å². The van der Waals surface area contributed by atoms with Crippen molar-refractivity contribution in [3.63, 3.8) is 0 Å². The van der Waals surface area contributed by atoms with E-state index in [0.29, 0.717) is 0 Å². The number of halogens is 7. The highest BCUT2D eigenvalue weighted by Crippen LogP contribution is 2.50. The molecule has 1 aliphatic carbocycles. The van der Waals surface area contributed by atoms with Gasteiger partial charge in [0.05, 0.1) is 11.8 Å². The summed E-state index contributed by atoms with van der Waals surface area (Å²) in [5.74, 6) is -14.2. The van der Waals surface area contributed by atoms with Crippen molar-refractivity contribution in [2.24, 2.45) is 11.8 Å². The second-order valence-electron chi connectivity index (χ2n) is 4.94. The summed E-state index contributed by atoms with van der Waals surface area (Å²) in [6, 6.07) is 0. The summed E-state index contributed by atoms with van der Waals surface area (Å²) >= 11 is 0. The maximum Gasteiger partial charge on any atom is 0.422 e. The molecule has 2 amide bonds. The van der Waals surface area contributed by atoms with E-state index in [1.54, 1.807) is 0 Å². The van der Waals surface area contributed by atoms with Gasteiger partial charge >= 0.3 is 6.18 Å². The van der Waals surface area contributed by atoms with Crippen molar-refractivity contribution < 1.29 is 40.3 Å². The fourth-order valence-electron chi connectivity index (χ4n) is 2.47. The van der Waals surface area contributed by atoms with E-state index < -0.39 is 64.3 Å². The molecule has 1 saturated carbocycles. The van der Waals surface area contributed by atoms with Crippen molar-refractivity contribution >= 4 is 17.5 Å². The van der Waals surface area contributed by atoms with Crippen molar-refractivity contribution in [1.82, 2.24) is 0 Å². The van der Waals surface area contributed by atoms with Crippen molar-refractivity contribution in [3.8, 4) is 0 Å². The van der Waals surface area contributed by atoms with E-state index in [0.717, 1.165) is 0 Å². The van der Waals surface area contributed by atoms with Gasteiger partial charge in [-0.25, -0.2) is 22.5 Å². The number of benzene rings is 1. The van der Waals surface area contributed by atoms with Gasteiger partial charge in [-0.2, -0.15) is 13.2 Å². The van der Waals surface area contributed by atoms with Gasteiger partial charge in [-0.3, -0.25) is 9.59 Å². The summed E-state index contributed by atoms with van der Waals surface area (Å²) in [4.78, 5) is 23.2. The average molecular weight is 327 g/mol. The van der Waals surface area contributed by atoms with Crippen molar-refractivity contribution in [2.75, 3.05) is 4.90 Å². The van der Waals surface area contributed by atoms with Gasteiger partial charge in [0, 0.05) is 0 Å². The fraction of sp³-hybridized carbons (Fsp3) is 0.333. The van der Waals surface area contributed by atoms with Crippen LogP contribution in [0.2, 0.25) is 0 Å². The Morgan fingerprint density at radius 3 is 1.59 bits per heavy atom. The average Bonchev–Trinajstić information content (AvgIpc) is 3.14. The predicted molar refractivity (Wildman–Crippen MR) is 55.4 cm³/mol. The normalized spacial score (nSPS) is 24.0. The first-order chi connectivity index (χ1) is 10.1. The van der Waals surface area contributed by atoms with Crippen LogP contribution >= 0.6 is 0 Å². The van der Waals surface area contributed by atoms with Crippen molar-refractivity contribution in [3.05, 3.63) is 28.8 Å². The number of fused-ring (bicyclic) bond motifs is 1. The maximum atomic E-state index is 13.7. The number of amides is 2. The molecule has 0 bridgehead atoms. The van der Waals surface area contributed by atoms with E-state index in [1.165, 1.54) is 0 Å². The summed E-state index contributed by atoms with van der Waals surface area (Å²) in [6.07, 6.45) is -5.54. The molecule has 2 aliphatic rings. The molecule has 0 radical (unpaired) electrons. The van der Waals surface area contributed by atoms with Gasteiger partial charge < -0.3 is 0 Å². The van der Waals surface area contributed by atoms with Crippen LogP contribution in [0.5, 0.6) is 0 Å². The molecule has 3 rings (SSSR count). The molecule has 10 heteroatoms. The minimum atomic E-state index is -5.68. The number of piperidine rings is 1. The zero-order chi connectivity index (χ0) is 16.6. The topological polar surface area (TPSA) is 37.4 Å². The van der Waals surface area contributed by atoms with E-state index in [1.807, 2.05) is 0 Å². The summed E-state index contributed by atoms with van der Waals surface area (Å²) in [5.41, 5.74) is -4.50. The van der Waals surface area contributed by atoms with Gasteiger partial charge in [0.25, 0.3) is 0 Å². The van der Waals surface area contributed by atoms with Crippen LogP contribution in [0.3, 0.4) is 0 Å². The van der Waals surface area contributed by atoms with Gasteiger partial charge in [0.1, 0.15) is 11.3 Å². The summed E-state index contributed by atoms with van der Waals surface area (Å²) in [6.45, 7) is 0. The lowest BCUT2D eigenvalue weighted by Crippen LogP contribution is -2.35. The van der Waals surface area contributed by atoms with Crippen LogP contribution in [0.15, 0.2) is 0 Å². The second-order valence-corrected chi connectivity index (χ2v) is 4.94. The van der Waals surface area contributed by atoms with Gasteiger partial charge in [0.15, 0.2) is 23.3 Å². The Kier molecular flexibility index (Phi) is 2.83. The van der Waals surface area contributed by atoms with E-state index in [9.17, 15) is 40.3 Å². The third-order valence-electron chi connectivity index (χ3n) is 3.61. The Hall–Kier alpha value is -2.13. The van der Waals surface area contributed by atoms with Crippen molar-refractivity contribution in [2.45, 2.75) is 12.6 Å². The third kappa shape index (κ3) is 1.75. The number of hydrogen-bond acceptors (Lipinski definition) is 2. The molecule has 3 nitrogen and oxygen atoms in total. The molecule has 118 valence electrons. The first kappa shape index (κ1) is 14.8. The highest BCUT2D eigenvalue weighted by Gasteiger charge is 2.60. The molecular formula is C12H4F7NO2. The van der Waals surface area contributed by atoms with E-state index in [2.05, 4.69) is 0 Å². The third-order valence-corrected chi connectivity index (χ3v) is 3.61. The van der Waals surface area contributed by atoms with E-state index in [4.69, 9.17) is 0 Å². The lowest BCUT2D eigenvalue weighted by atomic mass is 10.1. The Morgan fingerprint density at radius 1 is 0.818 bits per heavy atom. The quantitative estimate of drug-likeness (QED) is 0.452. The Labute approximate surface area is 117 Å². The molecule has 2 atom stereocenters. The SMILES string of the molecule is O=C1C2CC2C(=O)N1c1c(F)c(F)c(C(F)(F)F)c(F)c1F. The number of nitrogens with zero attached hydrogens (tertiary/aromatic N) is 1. The monoisotopic (exact) mass is 327 g/mol. The minimum absolute atomic E-state index is 0.129. The maximum absolute atomic E-state index is 13.7. The highest BCUT2D eigenvalue weighted by molar-refractivity contribution is 6.24. The first-order valence-corrected chi connectivity index (χ1v) is 5.88. The van der Waals surface area contributed by atoms with Crippen LogP contribution < -0.4 is 4.90 Å². The number of hydrogen-bond donors (Lipinski definition) is 0. The number of carbonyl (C=O) groups excluding carboxylic acids is 2. The first-order valence-electron chi connectivity index (χ1n) is 5.88.